The lowest BCUT2D eigenvalue weighted by Crippen LogP contribution is -2.51. The van der Waals surface area contributed by atoms with Crippen LogP contribution in [0.2, 0.25) is 0 Å². The highest BCUT2D eigenvalue weighted by Crippen LogP contribution is 2.36. The number of alkyl halides is 1. The highest BCUT2D eigenvalue weighted by atomic mass is 35.5. The van der Waals surface area contributed by atoms with Crippen molar-refractivity contribution in [2.24, 2.45) is 5.92 Å². The smallest absolute Gasteiger partial charge is 0.268 e. The zero-order valence-electron chi connectivity index (χ0n) is 14.1. The fraction of sp³-hybridized carbons (Fsp3) is 0.471. The molecule has 24 heavy (non-hydrogen) atoms. The van der Waals surface area contributed by atoms with Crippen LogP contribution in [0.15, 0.2) is 18.2 Å². The second-order valence-corrected chi connectivity index (χ2v) is 6.70. The molecule has 0 spiro atoms. The minimum Gasteiger partial charge on any atom is -0.478 e. The van der Waals surface area contributed by atoms with Gasteiger partial charge in [0, 0.05) is 12.6 Å². The van der Waals surface area contributed by atoms with Gasteiger partial charge in [0.1, 0.15) is 12.3 Å². The van der Waals surface area contributed by atoms with Crippen molar-refractivity contribution in [2.75, 3.05) is 18.5 Å². The third kappa shape index (κ3) is 3.53. The van der Waals surface area contributed by atoms with Crippen molar-refractivity contribution >= 4 is 34.9 Å². The van der Waals surface area contributed by atoms with Gasteiger partial charge in [0.15, 0.2) is 11.9 Å². The summed E-state index contributed by atoms with van der Waals surface area (Å²) in [7, 11) is 1.50. The van der Waals surface area contributed by atoms with E-state index in [1.165, 1.54) is 11.9 Å². The average molecular weight is 353 g/mol. The Morgan fingerprint density at radius 3 is 2.54 bits per heavy atom. The number of rotatable bonds is 5. The van der Waals surface area contributed by atoms with E-state index in [0.29, 0.717) is 17.0 Å². The summed E-state index contributed by atoms with van der Waals surface area (Å²) in [4.78, 5) is 38.0. The van der Waals surface area contributed by atoms with Crippen LogP contribution < -0.4 is 15.0 Å². The van der Waals surface area contributed by atoms with E-state index in [1.54, 1.807) is 25.1 Å². The molecule has 7 heteroatoms. The Morgan fingerprint density at radius 1 is 1.33 bits per heavy atom. The van der Waals surface area contributed by atoms with Crippen LogP contribution in [0.5, 0.6) is 5.75 Å². The first-order valence-electron chi connectivity index (χ1n) is 7.77. The molecule has 0 aromatic heterocycles. The summed E-state index contributed by atoms with van der Waals surface area (Å²) in [5, 5.41) is 1.82. The number of Topliss-reactive ketones (excluding diaryl/α,β-unsaturated/α-hetero) is 1. The molecule has 0 radical (unpaired) electrons. The van der Waals surface area contributed by atoms with Crippen molar-refractivity contribution in [2.45, 2.75) is 32.3 Å². The molecule has 0 bridgehead atoms. The van der Waals surface area contributed by atoms with Crippen LogP contribution in [0.25, 0.3) is 0 Å². The van der Waals surface area contributed by atoms with Gasteiger partial charge >= 0.3 is 0 Å². The van der Waals surface area contributed by atoms with Crippen molar-refractivity contribution in [3.05, 3.63) is 23.8 Å². The first kappa shape index (κ1) is 18.3. The summed E-state index contributed by atoms with van der Waals surface area (Å²) in [5.41, 5.74) is 0.779. The standard InChI is InChI=1S/C17H21ClN2O4/c1-9(2)16-17(23)20(8-14(21)19-4)12-7-11(15(22)10(3)18)5-6-13(12)24-16/h5-7,9-10,16H,8H2,1-4H3,(H,19,21). The maximum atomic E-state index is 12.7. The van der Waals surface area contributed by atoms with Gasteiger partial charge in [-0.05, 0) is 31.0 Å². The highest BCUT2D eigenvalue weighted by molar-refractivity contribution is 6.33. The summed E-state index contributed by atoms with van der Waals surface area (Å²) in [6.45, 7) is 5.20. The van der Waals surface area contributed by atoms with Gasteiger partial charge < -0.3 is 10.1 Å². The van der Waals surface area contributed by atoms with Gasteiger partial charge in [-0.3, -0.25) is 19.3 Å². The van der Waals surface area contributed by atoms with E-state index in [2.05, 4.69) is 5.32 Å². The SMILES string of the molecule is CNC(=O)CN1C(=O)C(C(C)C)Oc2ccc(C(=O)C(C)Cl)cc21. The number of amides is 2. The molecule has 130 valence electrons. The number of nitrogens with zero attached hydrogens (tertiary/aromatic N) is 1. The molecule has 6 nitrogen and oxygen atoms in total. The normalized spacial score (nSPS) is 18.0. The summed E-state index contributed by atoms with van der Waals surface area (Å²) in [6.07, 6.45) is -0.671. The first-order valence-corrected chi connectivity index (χ1v) is 8.20. The van der Waals surface area contributed by atoms with Crippen LogP contribution in [-0.4, -0.2) is 42.7 Å². The third-order valence-corrected chi connectivity index (χ3v) is 4.04. The molecule has 2 amide bonds. The van der Waals surface area contributed by atoms with Gasteiger partial charge in [0.2, 0.25) is 5.91 Å². The molecule has 0 aliphatic carbocycles. The minimum atomic E-state index is -0.681. The van der Waals surface area contributed by atoms with E-state index in [4.69, 9.17) is 16.3 Å². The Morgan fingerprint density at radius 2 is 2.00 bits per heavy atom. The first-order chi connectivity index (χ1) is 11.3. The number of fused-ring (bicyclic) bond motifs is 1. The number of ketones is 1. The van der Waals surface area contributed by atoms with Crippen LogP contribution in [0.4, 0.5) is 5.69 Å². The molecular formula is C17H21ClN2O4. The van der Waals surface area contributed by atoms with Crippen molar-refractivity contribution in [1.29, 1.82) is 0 Å². The molecule has 2 unspecified atom stereocenters. The number of anilines is 1. The Hall–Kier alpha value is -2.08. The zero-order valence-corrected chi connectivity index (χ0v) is 14.9. The summed E-state index contributed by atoms with van der Waals surface area (Å²) < 4.78 is 5.78. The van der Waals surface area contributed by atoms with Gasteiger partial charge in [0.05, 0.1) is 11.1 Å². The molecule has 1 aliphatic rings. The number of halogens is 1. The summed E-state index contributed by atoms with van der Waals surface area (Å²) in [6, 6.07) is 4.81. The quantitative estimate of drug-likeness (QED) is 0.649. The Labute approximate surface area is 146 Å². The van der Waals surface area contributed by atoms with E-state index in [9.17, 15) is 14.4 Å². The van der Waals surface area contributed by atoms with Gasteiger partial charge in [-0.15, -0.1) is 11.6 Å². The monoisotopic (exact) mass is 352 g/mol. The molecule has 2 rings (SSSR count). The largest absolute Gasteiger partial charge is 0.478 e. The molecule has 1 heterocycles. The lowest BCUT2D eigenvalue weighted by molar-refractivity contribution is -0.130. The van der Waals surface area contributed by atoms with Crippen LogP contribution in [0.1, 0.15) is 31.1 Å². The Balaban J connectivity index is 2.49. The topological polar surface area (TPSA) is 75.7 Å². The van der Waals surface area contributed by atoms with Crippen molar-refractivity contribution in [3.63, 3.8) is 0 Å². The maximum absolute atomic E-state index is 12.7. The van der Waals surface area contributed by atoms with Crippen LogP contribution >= 0.6 is 11.6 Å². The number of hydrogen-bond acceptors (Lipinski definition) is 4. The van der Waals surface area contributed by atoms with Gasteiger partial charge in [0.25, 0.3) is 5.91 Å². The fourth-order valence-electron chi connectivity index (χ4n) is 2.48. The number of hydrogen-bond donors (Lipinski definition) is 1. The zero-order chi connectivity index (χ0) is 18.0. The molecule has 0 fully saturated rings. The number of ether oxygens (including phenoxy) is 1. The van der Waals surface area contributed by atoms with E-state index < -0.39 is 11.5 Å². The second-order valence-electron chi connectivity index (χ2n) is 6.04. The van der Waals surface area contributed by atoms with Gasteiger partial charge in [-0.1, -0.05) is 13.8 Å². The number of carbonyl (C=O) groups is 3. The lowest BCUT2D eigenvalue weighted by atomic mass is 10.0. The average Bonchev–Trinajstić information content (AvgIpc) is 2.55. The van der Waals surface area contributed by atoms with Crippen molar-refractivity contribution < 1.29 is 19.1 Å². The van der Waals surface area contributed by atoms with Crippen LogP contribution in [0.3, 0.4) is 0 Å². The number of likely N-dealkylation sites (N-methyl/N-ethyl adjacent to an activating group) is 1. The van der Waals surface area contributed by atoms with E-state index >= 15 is 0 Å². The maximum Gasteiger partial charge on any atom is 0.268 e. The molecule has 0 saturated heterocycles. The van der Waals surface area contributed by atoms with Crippen LogP contribution in [0, 0.1) is 5.92 Å². The van der Waals surface area contributed by atoms with Gasteiger partial charge in [-0.25, -0.2) is 0 Å². The molecule has 1 aliphatic heterocycles. The molecule has 1 aromatic carbocycles. The highest BCUT2D eigenvalue weighted by Gasteiger charge is 2.37. The minimum absolute atomic E-state index is 0.0537. The lowest BCUT2D eigenvalue weighted by Gasteiger charge is -2.35. The molecular weight excluding hydrogens is 332 g/mol. The molecule has 2 atom stereocenters. The molecule has 1 aromatic rings. The van der Waals surface area contributed by atoms with E-state index in [-0.39, 0.29) is 30.1 Å². The Kier molecular flexibility index (Phi) is 5.49. The van der Waals surface area contributed by atoms with Crippen molar-refractivity contribution in [3.8, 4) is 5.75 Å². The van der Waals surface area contributed by atoms with Gasteiger partial charge in [-0.2, -0.15) is 0 Å². The predicted molar refractivity (Wildman–Crippen MR) is 91.8 cm³/mol. The number of carbonyl (C=O) groups excluding carboxylic acids is 3. The third-order valence-electron chi connectivity index (χ3n) is 3.84. The number of benzene rings is 1. The van der Waals surface area contributed by atoms with Crippen LogP contribution in [-0.2, 0) is 9.59 Å². The predicted octanol–water partition coefficient (Wildman–Crippen LogP) is 1.99. The molecule has 1 N–H and O–H groups in total. The number of nitrogens with one attached hydrogen (secondary N) is 1. The van der Waals surface area contributed by atoms with E-state index in [1.807, 2.05) is 13.8 Å². The summed E-state index contributed by atoms with van der Waals surface area (Å²) >= 11 is 5.86. The van der Waals surface area contributed by atoms with Crippen molar-refractivity contribution in [1.82, 2.24) is 5.32 Å². The second kappa shape index (κ2) is 7.21. The molecule has 0 saturated carbocycles. The summed E-state index contributed by atoms with van der Waals surface area (Å²) in [5.74, 6) is -0.443. The Bertz CT molecular complexity index is 673. The van der Waals surface area contributed by atoms with E-state index in [0.717, 1.165) is 0 Å². The fourth-order valence-corrected chi connectivity index (χ4v) is 2.60.